The number of rotatable bonds is 5. The van der Waals surface area contributed by atoms with E-state index < -0.39 is 33.4 Å². The second-order valence-corrected chi connectivity index (χ2v) is 10.7. The molecule has 2 amide bonds. The maximum atomic E-state index is 13.6. The fourth-order valence-corrected chi connectivity index (χ4v) is 6.25. The first-order valence-corrected chi connectivity index (χ1v) is 11.6. The van der Waals surface area contributed by atoms with Gasteiger partial charge in [-0.15, -0.1) is 0 Å². The smallest absolute Gasteiger partial charge is 0.252 e. The summed E-state index contributed by atoms with van der Waals surface area (Å²) in [5.74, 6) is -0.567. The quantitative estimate of drug-likeness (QED) is 0.595. The van der Waals surface area contributed by atoms with E-state index in [1.165, 1.54) is 25.3 Å². The molecule has 2 aromatic carbocycles. The fourth-order valence-electron chi connectivity index (χ4n) is 3.58. The van der Waals surface area contributed by atoms with Gasteiger partial charge in [-0.1, -0.05) is 23.2 Å². The van der Waals surface area contributed by atoms with Crippen molar-refractivity contribution >= 4 is 50.7 Å². The maximum absolute atomic E-state index is 13.6. The van der Waals surface area contributed by atoms with Crippen LogP contribution >= 0.6 is 23.2 Å². The van der Waals surface area contributed by atoms with Gasteiger partial charge in [0.15, 0.2) is 0 Å². The van der Waals surface area contributed by atoms with Crippen LogP contribution in [-0.4, -0.2) is 43.2 Å². The van der Waals surface area contributed by atoms with Gasteiger partial charge in [0.05, 0.1) is 24.2 Å². The fraction of sp³-hybridized carbons (Fsp3) is 0.333. The Labute approximate surface area is 191 Å². The molecule has 31 heavy (non-hydrogen) atoms. The van der Waals surface area contributed by atoms with Crippen molar-refractivity contribution in [3.05, 3.63) is 52.5 Å². The first-order valence-electron chi connectivity index (χ1n) is 9.38. The lowest BCUT2D eigenvalue weighted by Gasteiger charge is -2.37. The number of carbonyl (C=O) groups is 2. The monoisotopic (exact) mass is 484 g/mol. The van der Waals surface area contributed by atoms with Crippen molar-refractivity contribution in [2.75, 3.05) is 12.0 Å². The predicted octanol–water partition coefficient (Wildman–Crippen LogP) is 4.12. The molecule has 0 bridgehead atoms. The van der Waals surface area contributed by atoms with Crippen molar-refractivity contribution in [3.63, 3.8) is 0 Å². The van der Waals surface area contributed by atoms with Crippen molar-refractivity contribution in [2.24, 2.45) is 0 Å². The van der Waals surface area contributed by atoms with Crippen LogP contribution in [0.3, 0.4) is 0 Å². The summed E-state index contributed by atoms with van der Waals surface area (Å²) < 4.78 is 33.4. The molecule has 1 saturated heterocycles. The van der Waals surface area contributed by atoms with E-state index in [2.05, 4.69) is 0 Å². The Balaban J connectivity index is 2.07. The molecule has 1 aliphatic rings. The molecule has 7 nitrogen and oxygen atoms in total. The number of ether oxygens (including phenoxy) is 1. The summed E-state index contributed by atoms with van der Waals surface area (Å²) in [5, 5.41) is 0.160. The van der Waals surface area contributed by atoms with Gasteiger partial charge in [0.1, 0.15) is 16.7 Å². The molecule has 0 saturated carbocycles. The van der Waals surface area contributed by atoms with E-state index in [9.17, 15) is 18.0 Å². The van der Waals surface area contributed by atoms with Gasteiger partial charge in [-0.3, -0.25) is 9.59 Å². The number of halogens is 2. The minimum Gasteiger partial charge on any atom is -0.497 e. The van der Waals surface area contributed by atoms with Gasteiger partial charge in [0, 0.05) is 10.6 Å². The molecule has 166 valence electrons. The Bertz CT molecular complexity index is 1130. The van der Waals surface area contributed by atoms with Gasteiger partial charge < -0.3 is 4.74 Å². The van der Waals surface area contributed by atoms with Crippen molar-refractivity contribution in [1.29, 1.82) is 0 Å². The maximum Gasteiger partial charge on any atom is 0.252 e. The van der Waals surface area contributed by atoms with Crippen LogP contribution in [0.1, 0.15) is 27.2 Å². The number of sulfonamides is 1. The average molecular weight is 485 g/mol. The second kappa shape index (κ2) is 8.43. The number of hydrogen-bond donors (Lipinski definition) is 0. The highest BCUT2D eigenvalue weighted by molar-refractivity contribution is 7.89. The molecule has 1 fully saturated rings. The van der Waals surface area contributed by atoms with Gasteiger partial charge in [-0.2, -0.15) is 4.31 Å². The summed E-state index contributed by atoms with van der Waals surface area (Å²) in [7, 11) is -2.77. The average Bonchev–Trinajstić information content (AvgIpc) is 2.96. The third-order valence-corrected chi connectivity index (χ3v) is 7.72. The van der Waals surface area contributed by atoms with Gasteiger partial charge >= 0.3 is 0 Å². The molecule has 0 radical (unpaired) electrons. The predicted molar refractivity (Wildman–Crippen MR) is 119 cm³/mol. The van der Waals surface area contributed by atoms with Crippen LogP contribution < -0.4 is 9.64 Å². The zero-order valence-electron chi connectivity index (χ0n) is 17.4. The Hall–Kier alpha value is -2.13. The van der Waals surface area contributed by atoms with Crippen LogP contribution in [0.2, 0.25) is 10.0 Å². The third kappa shape index (κ3) is 4.43. The van der Waals surface area contributed by atoms with E-state index in [0.717, 1.165) is 9.21 Å². The number of hydrogen-bond acceptors (Lipinski definition) is 5. The minimum absolute atomic E-state index is 0.0255. The van der Waals surface area contributed by atoms with Crippen molar-refractivity contribution in [2.45, 2.75) is 43.7 Å². The summed E-state index contributed by atoms with van der Waals surface area (Å²) >= 11 is 12.2. The number of anilines is 1. The highest BCUT2D eigenvalue weighted by atomic mass is 35.5. The lowest BCUT2D eigenvalue weighted by atomic mass is 10.1. The zero-order chi connectivity index (χ0) is 23.1. The van der Waals surface area contributed by atoms with Crippen LogP contribution in [0.25, 0.3) is 0 Å². The van der Waals surface area contributed by atoms with E-state index in [1.807, 2.05) is 0 Å². The van der Waals surface area contributed by atoms with Crippen molar-refractivity contribution in [3.8, 4) is 5.75 Å². The van der Waals surface area contributed by atoms with Gasteiger partial charge in [0.25, 0.3) is 5.91 Å². The van der Waals surface area contributed by atoms with E-state index in [1.54, 1.807) is 45.0 Å². The number of nitrogens with zero attached hydrogens (tertiary/aromatic N) is 2. The van der Waals surface area contributed by atoms with E-state index in [0.29, 0.717) is 11.4 Å². The largest absolute Gasteiger partial charge is 0.497 e. The zero-order valence-corrected chi connectivity index (χ0v) is 19.8. The number of amides is 2. The summed E-state index contributed by atoms with van der Waals surface area (Å²) in [4.78, 5) is 26.8. The van der Waals surface area contributed by atoms with E-state index in [4.69, 9.17) is 27.9 Å². The van der Waals surface area contributed by atoms with Crippen LogP contribution in [0.5, 0.6) is 5.75 Å². The van der Waals surface area contributed by atoms with Crippen LogP contribution in [-0.2, 0) is 19.6 Å². The van der Waals surface area contributed by atoms with Crippen LogP contribution in [0.4, 0.5) is 5.69 Å². The molecule has 0 N–H and O–H groups in total. The Kier molecular flexibility index (Phi) is 6.40. The molecule has 1 atom stereocenters. The Morgan fingerprint density at radius 2 is 1.68 bits per heavy atom. The molecule has 2 aromatic rings. The van der Waals surface area contributed by atoms with E-state index >= 15 is 0 Å². The van der Waals surface area contributed by atoms with Crippen molar-refractivity contribution < 1.29 is 22.7 Å². The molecule has 10 heteroatoms. The number of carbonyl (C=O) groups excluding carboxylic acids is 2. The van der Waals surface area contributed by atoms with E-state index in [-0.39, 0.29) is 21.4 Å². The molecule has 1 heterocycles. The minimum atomic E-state index is -4.27. The summed E-state index contributed by atoms with van der Waals surface area (Å²) in [6.45, 7) is 4.95. The topological polar surface area (TPSA) is 84.0 Å². The van der Waals surface area contributed by atoms with Gasteiger partial charge in [-0.05, 0) is 63.2 Å². The lowest BCUT2D eigenvalue weighted by Crippen LogP contribution is -2.54. The lowest BCUT2D eigenvalue weighted by molar-refractivity contribution is -0.122. The summed E-state index contributed by atoms with van der Waals surface area (Å²) in [5.41, 5.74) is -0.688. The number of benzene rings is 2. The highest BCUT2D eigenvalue weighted by Gasteiger charge is 2.51. The number of methoxy groups -OCH3 is 1. The summed E-state index contributed by atoms with van der Waals surface area (Å²) in [6.07, 6.45) is -0.292. The first kappa shape index (κ1) is 23.5. The molecule has 1 aliphatic heterocycles. The first-order chi connectivity index (χ1) is 14.4. The second-order valence-electron chi connectivity index (χ2n) is 8.03. The summed E-state index contributed by atoms with van der Waals surface area (Å²) in [6, 6.07) is 9.24. The SMILES string of the molecule is COc1ccc(N2C(=O)CC(N(C(C)(C)C)S(=O)(=O)c3cc(Cl)ccc3Cl)C2=O)cc1. The third-order valence-electron chi connectivity index (χ3n) is 4.83. The van der Waals surface area contributed by atoms with Crippen LogP contribution in [0.15, 0.2) is 47.4 Å². The standard InChI is InChI=1S/C21H22Cl2N2O5S/c1-21(2,3)25(31(28,29)18-11-13(22)5-10-16(18)23)17-12-19(26)24(20(17)27)14-6-8-15(30-4)9-7-14/h5-11,17H,12H2,1-4H3. The normalized spacial score (nSPS) is 17.5. The van der Waals surface area contributed by atoms with Crippen molar-refractivity contribution in [1.82, 2.24) is 4.31 Å². The highest BCUT2D eigenvalue weighted by Crippen LogP contribution is 2.37. The Morgan fingerprint density at radius 1 is 1.06 bits per heavy atom. The molecule has 0 spiro atoms. The van der Waals surface area contributed by atoms with Gasteiger partial charge in [-0.25, -0.2) is 13.3 Å². The molecule has 0 aliphatic carbocycles. The molecule has 1 unspecified atom stereocenters. The molecule has 3 rings (SSSR count). The van der Waals surface area contributed by atoms with Gasteiger partial charge in [0.2, 0.25) is 15.9 Å². The number of imide groups is 1. The molecule has 0 aromatic heterocycles. The Morgan fingerprint density at radius 3 is 2.23 bits per heavy atom. The molecular formula is C21H22Cl2N2O5S. The van der Waals surface area contributed by atoms with Crippen LogP contribution in [0, 0.1) is 0 Å². The molecular weight excluding hydrogens is 463 g/mol.